The van der Waals surface area contributed by atoms with Gasteiger partial charge in [-0.15, -0.1) is 0 Å². The molecule has 2 heterocycles. The van der Waals surface area contributed by atoms with E-state index in [1.54, 1.807) is 31.3 Å². The van der Waals surface area contributed by atoms with Gasteiger partial charge in [0.15, 0.2) is 0 Å². The minimum atomic E-state index is -0.180. The number of carbonyl (C=O) groups excluding carboxylic acids is 1. The smallest absolute Gasteiger partial charge is 0.320 e. The molecule has 1 aromatic carbocycles. The zero-order valence-electron chi connectivity index (χ0n) is 15.5. The molecule has 2 amide bonds. The summed E-state index contributed by atoms with van der Waals surface area (Å²) in [5.74, 6) is 0.670. The molecular formula is C20H23N3O3. The number of fused-ring (bicyclic) bond motifs is 1. The van der Waals surface area contributed by atoms with Crippen molar-refractivity contribution < 1.29 is 9.21 Å². The summed E-state index contributed by atoms with van der Waals surface area (Å²) in [6, 6.07) is 9.35. The number of hydrogen-bond donors (Lipinski definition) is 1. The van der Waals surface area contributed by atoms with E-state index in [-0.39, 0.29) is 18.1 Å². The summed E-state index contributed by atoms with van der Waals surface area (Å²) < 4.78 is 5.37. The third-order valence-corrected chi connectivity index (χ3v) is 4.31. The Morgan fingerprint density at radius 3 is 2.58 bits per heavy atom. The van der Waals surface area contributed by atoms with Crippen molar-refractivity contribution in [3.8, 4) is 0 Å². The van der Waals surface area contributed by atoms with E-state index in [1.807, 2.05) is 38.1 Å². The lowest BCUT2D eigenvalue weighted by molar-refractivity contribution is 0.160. The predicted molar refractivity (Wildman–Crippen MR) is 101 cm³/mol. The highest BCUT2D eigenvalue weighted by Gasteiger charge is 2.19. The van der Waals surface area contributed by atoms with Crippen LogP contribution < -0.4 is 5.56 Å². The molecule has 2 aromatic heterocycles. The molecule has 0 fully saturated rings. The van der Waals surface area contributed by atoms with E-state index < -0.39 is 0 Å². The van der Waals surface area contributed by atoms with Crippen molar-refractivity contribution in [3.63, 3.8) is 0 Å². The largest absolute Gasteiger partial charge is 0.467 e. The van der Waals surface area contributed by atoms with E-state index >= 15 is 0 Å². The Morgan fingerprint density at radius 2 is 1.92 bits per heavy atom. The van der Waals surface area contributed by atoms with E-state index in [1.165, 1.54) is 4.90 Å². The topological polar surface area (TPSA) is 69.5 Å². The molecule has 1 N–H and O–H groups in total. The van der Waals surface area contributed by atoms with Crippen LogP contribution in [0.4, 0.5) is 4.79 Å². The second-order valence-electron chi connectivity index (χ2n) is 6.78. The number of furan rings is 1. The maximum absolute atomic E-state index is 12.6. The first-order chi connectivity index (χ1) is 12.3. The summed E-state index contributed by atoms with van der Waals surface area (Å²) in [5.41, 5.74) is 3.36. The lowest BCUT2D eigenvalue weighted by Gasteiger charge is -2.25. The van der Waals surface area contributed by atoms with Gasteiger partial charge in [-0.3, -0.25) is 4.79 Å². The average molecular weight is 353 g/mol. The first kappa shape index (κ1) is 17.8. The molecule has 3 rings (SSSR count). The van der Waals surface area contributed by atoms with Gasteiger partial charge in [-0.1, -0.05) is 11.6 Å². The van der Waals surface area contributed by atoms with Crippen LogP contribution in [0.1, 0.15) is 22.5 Å². The van der Waals surface area contributed by atoms with Crippen molar-refractivity contribution in [2.24, 2.45) is 0 Å². The third kappa shape index (κ3) is 3.64. The number of benzene rings is 1. The van der Waals surface area contributed by atoms with Crippen LogP contribution in [0.15, 0.2) is 45.8 Å². The van der Waals surface area contributed by atoms with Crippen LogP contribution in [0.5, 0.6) is 0 Å². The normalized spacial score (nSPS) is 10.9. The van der Waals surface area contributed by atoms with Crippen molar-refractivity contribution in [2.45, 2.75) is 26.9 Å². The minimum absolute atomic E-state index is 0.179. The molecule has 0 saturated carbocycles. The van der Waals surface area contributed by atoms with Crippen LogP contribution in [0.2, 0.25) is 0 Å². The van der Waals surface area contributed by atoms with Gasteiger partial charge in [-0.05, 0) is 49.1 Å². The summed E-state index contributed by atoms with van der Waals surface area (Å²) in [4.78, 5) is 31.2. The highest BCUT2D eigenvalue weighted by atomic mass is 16.3. The van der Waals surface area contributed by atoms with Gasteiger partial charge in [0, 0.05) is 19.7 Å². The van der Waals surface area contributed by atoms with Crippen LogP contribution in [0, 0.1) is 13.8 Å². The number of aryl methyl sites for hydroxylation is 2. The molecule has 0 aliphatic rings. The first-order valence-corrected chi connectivity index (χ1v) is 8.47. The van der Waals surface area contributed by atoms with Gasteiger partial charge in [0.1, 0.15) is 5.76 Å². The van der Waals surface area contributed by atoms with Crippen LogP contribution in [0.25, 0.3) is 10.9 Å². The molecule has 0 aliphatic carbocycles. The zero-order valence-corrected chi connectivity index (χ0v) is 15.5. The lowest BCUT2D eigenvalue weighted by Crippen LogP contribution is -2.39. The number of amides is 2. The van der Waals surface area contributed by atoms with E-state index in [0.29, 0.717) is 17.9 Å². The highest BCUT2D eigenvalue weighted by Crippen LogP contribution is 2.19. The maximum Gasteiger partial charge on any atom is 0.320 e. The molecule has 3 aromatic rings. The van der Waals surface area contributed by atoms with E-state index in [4.69, 9.17) is 4.42 Å². The standard InChI is InChI=1S/C20H23N3O3/c1-13-8-14(2)18-15(9-13)10-16(19(24)21-18)11-23(20(25)22(3)4)12-17-6-5-7-26-17/h5-10H,11-12H2,1-4H3,(H,21,24). The minimum Gasteiger partial charge on any atom is -0.467 e. The van der Waals surface area contributed by atoms with Gasteiger partial charge in [0.2, 0.25) is 0 Å². The molecule has 6 heteroatoms. The van der Waals surface area contributed by atoms with Crippen molar-refractivity contribution in [1.82, 2.24) is 14.8 Å². The Hall–Kier alpha value is -3.02. The van der Waals surface area contributed by atoms with Crippen LogP contribution in [0.3, 0.4) is 0 Å². The Balaban J connectivity index is 1.98. The molecule has 0 unspecified atom stereocenters. The fraction of sp³-hybridized carbons (Fsp3) is 0.300. The Labute approximate surface area is 152 Å². The van der Waals surface area contributed by atoms with Crippen molar-refractivity contribution >= 4 is 16.9 Å². The number of rotatable bonds is 4. The van der Waals surface area contributed by atoms with Crippen LogP contribution in [-0.4, -0.2) is 34.9 Å². The SMILES string of the molecule is Cc1cc(C)c2[nH]c(=O)c(CN(Cc3ccco3)C(=O)N(C)C)cc2c1. The number of H-pyrrole nitrogens is 1. The van der Waals surface area contributed by atoms with Crippen molar-refractivity contribution in [2.75, 3.05) is 14.1 Å². The molecule has 0 aliphatic heterocycles. The van der Waals surface area contributed by atoms with E-state index in [0.717, 1.165) is 22.0 Å². The van der Waals surface area contributed by atoms with E-state index in [9.17, 15) is 9.59 Å². The number of nitrogens with one attached hydrogen (secondary N) is 1. The Morgan fingerprint density at radius 1 is 1.15 bits per heavy atom. The number of nitrogens with zero attached hydrogens (tertiary/aromatic N) is 2. The molecule has 6 nitrogen and oxygen atoms in total. The van der Waals surface area contributed by atoms with Gasteiger partial charge >= 0.3 is 6.03 Å². The van der Waals surface area contributed by atoms with Crippen molar-refractivity contribution in [3.05, 3.63) is 69.4 Å². The van der Waals surface area contributed by atoms with Gasteiger partial charge < -0.3 is 19.2 Å². The number of hydrogen-bond acceptors (Lipinski definition) is 3. The second-order valence-corrected chi connectivity index (χ2v) is 6.78. The molecule has 0 spiro atoms. The van der Waals surface area contributed by atoms with Crippen LogP contribution >= 0.6 is 0 Å². The van der Waals surface area contributed by atoms with Gasteiger partial charge in [0.05, 0.1) is 24.9 Å². The second kappa shape index (κ2) is 7.07. The number of carbonyl (C=O) groups is 1. The van der Waals surface area contributed by atoms with Gasteiger partial charge in [-0.2, -0.15) is 0 Å². The molecule has 0 radical (unpaired) electrons. The van der Waals surface area contributed by atoms with Crippen LogP contribution in [-0.2, 0) is 13.1 Å². The predicted octanol–water partition coefficient (Wildman–Crippen LogP) is 3.42. The van der Waals surface area contributed by atoms with Crippen molar-refractivity contribution in [1.29, 1.82) is 0 Å². The first-order valence-electron chi connectivity index (χ1n) is 8.47. The third-order valence-electron chi connectivity index (χ3n) is 4.31. The highest BCUT2D eigenvalue weighted by molar-refractivity contribution is 5.83. The van der Waals surface area contributed by atoms with Gasteiger partial charge in [-0.25, -0.2) is 4.79 Å². The Kier molecular flexibility index (Phi) is 4.84. The zero-order chi connectivity index (χ0) is 18.8. The fourth-order valence-corrected chi connectivity index (χ4v) is 3.12. The van der Waals surface area contributed by atoms with Gasteiger partial charge in [0.25, 0.3) is 5.56 Å². The summed E-state index contributed by atoms with van der Waals surface area (Å²) in [7, 11) is 3.38. The molecule has 0 bridgehead atoms. The number of urea groups is 1. The fourth-order valence-electron chi connectivity index (χ4n) is 3.12. The number of pyridine rings is 1. The number of aromatic nitrogens is 1. The Bertz CT molecular complexity index is 987. The molecular weight excluding hydrogens is 330 g/mol. The molecule has 26 heavy (non-hydrogen) atoms. The van der Waals surface area contributed by atoms with E-state index in [2.05, 4.69) is 4.98 Å². The average Bonchev–Trinajstić information content (AvgIpc) is 3.08. The summed E-state index contributed by atoms with van der Waals surface area (Å²) in [5, 5.41) is 0.965. The summed E-state index contributed by atoms with van der Waals surface area (Å²) in [6.45, 7) is 4.50. The quantitative estimate of drug-likeness (QED) is 0.781. The lowest BCUT2D eigenvalue weighted by atomic mass is 10.1. The monoisotopic (exact) mass is 353 g/mol. The molecule has 0 saturated heterocycles. The summed E-state index contributed by atoms with van der Waals surface area (Å²) >= 11 is 0. The molecule has 0 atom stereocenters. The maximum atomic E-state index is 12.6. The number of aromatic amines is 1. The summed E-state index contributed by atoms with van der Waals surface area (Å²) in [6.07, 6.45) is 1.57. The molecule has 136 valence electrons.